The van der Waals surface area contributed by atoms with Gasteiger partial charge in [0.05, 0.1) is 0 Å². The summed E-state index contributed by atoms with van der Waals surface area (Å²) in [6, 6.07) is 0. The van der Waals surface area contributed by atoms with Crippen molar-refractivity contribution in [2.24, 2.45) is 11.7 Å². The van der Waals surface area contributed by atoms with E-state index < -0.39 is 0 Å². The summed E-state index contributed by atoms with van der Waals surface area (Å²) in [5.74, 6) is 0.558. The Balaban J connectivity index is 4.32. The fourth-order valence-corrected chi connectivity index (χ4v) is 0.800. The Labute approximate surface area is 69.3 Å². The zero-order valence-electron chi connectivity index (χ0n) is 7.54. The maximum Gasteiger partial charge on any atom is -0.00623 e. The predicted octanol–water partition coefficient (Wildman–Crippen LogP) is 2.62. The van der Waals surface area contributed by atoms with E-state index in [2.05, 4.69) is 19.9 Å². The van der Waals surface area contributed by atoms with Gasteiger partial charge in [-0.3, -0.25) is 0 Å². The summed E-state index contributed by atoms with van der Waals surface area (Å²) in [5, 5.41) is 0. The second kappa shape index (κ2) is 5.78. The van der Waals surface area contributed by atoms with Gasteiger partial charge in [-0.15, -0.1) is 0 Å². The first-order chi connectivity index (χ1) is 5.22. The third-order valence-electron chi connectivity index (χ3n) is 1.43. The molecular formula is C10H17N. The van der Waals surface area contributed by atoms with E-state index in [0.717, 1.165) is 0 Å². The largest absolute Gasteiger partial charge is 0.405 e. The van der Waals surface area contributed by atoms with E-state index in [-0.39, 0.29) is 0 Å². The molecule has 0 aromatic rings. The molecule has 0 atom stereocenters. The van der Waals surface area contributed by atoms with E-state index in [0.29, 0.717) is 5.92 Å². The van der Waals surface area contributed by atoms with Crippen LogP contribution < -0.4 is 5.73 Å². The van der Waals surface area contributed by atoms with Crippen molar-refractivity contribution in [1.29, 1.82) is 0 Å². The number of allylic oxidation sites excluding steroid dienone is 5. The van der Waals surface area contributed by atoms with Gasteiger partial charge in [0.15, 0.2) is 0 Å². The lowest BCUT2D eigenvalue weighted by molar-refractivity contribution is 0.791. The van der Waals surface area contributed by atoms with Crippen molar-refractivity contribution in [1.82, 2.24) is 0 Å². The lowest BCUT2D eigenvalue weighted by Gasteiger charge is -2.03. The third kappa shape index (κ3) is 4.43. The maximum absolute atomic E-state index is 5.22. The van der Waals surface area contributed by atoms with Crippen LogP contribution in [0.25, 0.3) is 0 Å². The maximum atomic E-state index is 5.22. The Bertz CT molecular complexity index is 173. The average molecular weight is 151 g/mol. The fraction of sp³-hybridized carbons (Fsp3) is 0.400. The van der Waals surface area contributed by atoms with E-state index in [1.807, 2.05) is 25.2 Å². The number of hydrogen-bond acceptors (Lipinski definition) is 1. The molecular weight excluding hydrogens is 134 g/mol. The molecule has 11 heavy (non-hydrogen) atoms. The van der Waals surface area contributed by atoms with Crippen molar-refractivity contribution in [2.75, 3.05) is 0 Å². The molecule has 0 spiro atoms. The highest BCUT2D eigenvalue weighted by atomic mass is 14.5. The molecule has 0 bridgehead atoms. The molecule has 0 aliphatic carbocycles. The molecule has 1 nitrogen and oxygen atoms in total. The van der Waals surface area contributed by atoms with Crippen molar-refractivity contribution in [2.45, 2.75) is 20.8 Å². The van der Waals surface area contributed by atoms with E-state index >= 15 is 0 Å². The van der Waals surface area contributed by atoms with Gasteiger partial charge in [-0.1, -0.05) is 32.1 Å². The molecule has 0 saturated carbocycles. The van der Waals surface area contributed by atoms with Crippen LogP contribution in [0.1, 0.15) is 20.8 Å². The minimum Gasteiger partial charge on any atom is -0.405 e. The average Bonchev–Trinajstić information content (AvgIpc) is 1.97. The Morgan fingerprint density at radius 3 is 2.36 bits per heavy atom. The summed E-state index contributed by atoms with van der Waals surface area (Å²) >= 11 is 0. The minimum atomic E-state index is 0.558. The fourth-order valence-electron chi connectivity index (χ4n) is 0.800. The molecule has 0 fully saturated rings. The van der Waals surface area contributed by atoms with Crippen molar-refractivity contribution >= 4 is 0 Å². The molecule has 0 aliphatic rings. The van der Waals surface area contributed by atoms with Crippen LogP contribution in [-0.4, -0.2) is 0 Å². The Morgan fingerprint density at radius 2 is 2.00 bits per heavy atom. The quantitative estimate of drug-likeness (QED) is 0.616. The van der Waals surface area contributed by atoms with Gasteiger partial charge in [0.2, 0.25) is 0 Å². The highest BCUT2D eigenvalue weighted by Crippen LogP contribution is 2.10. The Kier molecular flexibility index (Phi) is 5.26. The first kappa shape index (κ1) is 10.0. The zero-order valence-corrected chi connectivity index (χ0v) is 7.54. The molecule has 0 amide bonds. The zero-order chi connectivity index (χ0) is 8.69. The molecule has 0 unspecified atom stereocenters. The van der Waals surface area contributed by atoms with Gasteiger partial charge in [0.25, 0.3) is 0 Å². The van der Waals surface area contributed by atoms with E-state index in [1.165, 1.54) is 5.57 Å². The first-order valence-electron chi connectivity index (χ1n) is 3.93. The molecule has 0 rings (SSSR count). The summed E-state index contributed by atoms with van der Waals surface area (Å²) in [5.41, 5.74) is 6.52. The molecule has 0 aliphatic heterocycles. The van der Waals surface area contributed by atoms with Crippen LogP contribution in [0.5, 0.6) is 0 Å². The second-order valence-corrected chi connectivity index (χ2v) is 2.71. The summed E-state index contributed by atoms with van der Waals surface area (Å²) in [6.45, 7) is 6.34. The van der Waals surface area contributed by atoms with Gasteiger partial charge in [0.1, 0.15) is 0 Å². The monoisotopic (exact) mass is 151 g/mol. The normalized spacial score (nSPS) is 14.0. The molecule has 0 aromatic carbocycles. The van der Waals surface area contributed by atoms with Gasteiger partial charge in [-0.2, -0.15) is 0 Å². The summed E-state index contributed by atoms with van der Waals surface area (Å²) in [7, 11) is 0. The highest BCUT2D eigenvalue weighted by molar-refractivity contribution is 5.24. The number of hydrogen-bond donors (Lipinski definition) is 1. The van der Waals surface area contributed by atoms with Gasteiger partial charge in [-0.25, -0.2) is 0 Å². The number of nitrogens with two attached hydrogens (primary N) is 1. The van der Waals surface area contributed by atoms with Crippen LogP contribution in [0, 0.1) is 5.92 Å². The molecule has 2 N–H and O–H groups in total. The number of rotatable bonds is 3. The SMILES string of the molecule is C\C=C/C(=C\C=C/N)C(C)C. The molecule has 0 radical (unpaired) electrons. The predicted molar refractivity (Wildman–Crippen MR) is 51.1 cm³/mol. The highest BCUT2D eigenvalue weighted by Gasteiger charge is 1.95. The van der Waals surface area contributed by atoms with Crippen LogP contribution in [0.15, 0.2) is 36.1 Å². The summed E-state index contributed by atoms with van der Waals surface area (Å²) in [4.78, 5) is 0. The van der Waals surface area contributed by atoms with Crippen LogP contribution in [0.3, 0.4) is 0 Å². The molecule has 62 valence electrons. The lowest BCUT2D eigenvalue weighted by atomic mass is 10.0. The molecule has 0 aromatic heterocycles. The third-order valence-corrected chi connectivity index (χ3v) is 1.43. The summed E-state index contributed by atoms with van der Waals surface area (Å²) < 4.78 is 0. The van der Waals surface area contributed by atoms with Crippen LogP contribution in [-0.2, 0) is 0 Å². The minimum absolute atomic E-state index is 0.558. The smallest absolute Gasteiger partial charge is 0.00623 e. The van der Waals surface area contributed by atoms with Crippen molar-refractivity contribution in [3.63, 3.8) is 0 Å². The van der Waals surface area contributed by atoms with Crippen LogP contribution in [0.4, 0.5) is 0 Å². The topological polar surface area (TPSA) is 26.0 Å². The van der Waals surface area contributed by atoms with E-state index in [9.17, 15) is 0 Å². The Morgan fingerprint density at radius 1 is 1.36 bits per heavy atom. The molecule has 0 saturated heterocycles. The van der Waals surface area contributed by atoms with Gasteiger partial charge >= 0.3 is 0 Å². The lowest BCUT2D eigenvalue weighted by Crippen LogP contribution is -1.89. The van der Waals surface area contributed by atoms with Crippen molar-refractivity contribution < 1.29 is 0 Å². The van der Waals surface area contributed by atoms with Gasteiger partial charge in [-0.05, 0) is 30.7 Å². The van der Waals surface area contributed by atoms with Crippen molar-refractivity contribution in [3.05, 3.63) is 36.1 Å². The standard InChI is InChI=1S/C10H17N/c1-4-6-10(9(2)3)7-5-8-11/h4-9H,11H2,1-3H3/b6-4-,8-5-,10-7+. The van der Waals surface area contributed by atoms with Crippen LogP contribution in [0.2, 0.25) is 0 Å². The van der Waals surface area contributed by atoms with E-state index in [4.69, 9.17) is 5.73 Å². The first-order valence-corrected chi connectivity index (χ1v) is 3.93. The van der Waals surface area contributed by atoms with Gasteiger partial charge < -0.3 is 5.73 Å². The second-order valence-electron chi connectivity index (χ2n) is 2.71. The van der Waals surface area contributed by atoms with Gasteiger partial charge in [0, 0.05) is 0 Å². The van der Waals surface area contributed by atoms with Crippen LogP contribution >= 0.6 is 0 Å². The molecule has 0 heterocycles. The molecule has 1 heteroatoms. The van der Waals surface area contributed by atoms with Crippen molar-refractivity contribution in [3.8, 4) is 0 Å². The Hall–Kier alpha value is -0.980. The van der Waals surface area contributed by atoms with E-state index in [1.54, 1.807) is 6.20 Å². The summed E-state index contributed by atoms with van der Waals surface area (Å²) in [6.07, 6.45) is 9.58.